The zero-order valence-corrected chi connectivity index (χ0v) is 11.2. The lowest BCUT2D eigenvalue weighted by molar-refractivity contribution is 0.0690. The van der Waals surface area contributed by atoms with E-state index in [0.29, 0.717) is 6.01 Å². The fraction of sp³-hybridized carbons (Fsp3) is 0.462. The molecule has 106 valence electrons. The van der Waals surface area contributed by atoms with Gasteiger partial charge in [-0.3, -0.25) is 4.68 Å². The first kappa shape index (κ1) is 12.7. The number of hydrogen-bond donors (Lipinski definition) is 1. The fourth-order valence-corrected chi connectivity index (χ4v) is 2.67. The van der Waals surface area contributed by atoms with Crippen molar-refractivity contribution in [2.45, 2.75) is 25.3 Å². The monoisotopic (exact) mass is 276 g/mol. The second-order valence-corrected chi connectivity index (χ2v) is 4.91. The standard InChI is InChI=1S/C13H16N4O3/c1-16-10(5-6-14-16)11-4-2-3-7-17(11)13-15-9(8-20-13)12(18)19/h5-6,8,11H,2-4,7H2,1H3,(H,18,19). The van der Waals surface area contributed by atoms with Crippen molar-refractivity contribution in [3.05, 3.63) is 29.9 Å². The van der Waals surface area contributed by atoms with Crippen molar-refractivity contribution in [3.63, 3.8) is 0 Å². The first-order chi connectivity index (χ1) is 9.66. The highest BCUT2D eigenvalue weighted by Crippen LogP contribution is 2.34. The predicted octanol–water partition coefficient (Wildman–Crippen LogP) is 1.84. The third-order valence-corrected chi connectivity index (χ3v) is 3.66. The van der Waals surface area contributed by atoms with E-state index in [0.717, 1.165) is 31.5 Å². The third-order valence-electron chi connectivity index (χ3n) is 3.66. The summed E-state index contributed by atoms with van der Waals surface area (Å²) in [6.45, 7) is 0.801. The smallest absolute Gasteiger partial charge is 0.357 e. The van der Waals surface area contributed by atoms with Crippen LogP contribution in [0.5, 0.6) is 0 Å². The maximum absolute atomic E-state index is 10.9. The summed E-state index contributed by atoms with van der Waals surface area (Å²) in [5.74, 6) is -1.07. The van der Waals surface area contributed by atoms with Crippen LogP contribution >= 0.6 is 0 Å². The summed E-state index contributed by atoms with van der Waals surface area (Å²) >= 11 is 0. The van der Waals surface area contributed by atoms with Gasteiger partial charge in [-0.1, -0.05) is 0 Å². The van der Waals surface area contributed by atoms with Crippen molar-refractivity contribution in [1.82, 2.24) is 14.8 Å². The summed E-state index contributed by atoms with van der Waals surface area (Å²) in [6, 6.07) is 2.47. The van der Waals surface area contributed by atoms with Crippen molar-refractivity contribution in [2.75, 3.05) is 11.4 Å². The van der Waals surface area contributed by atoms with E-state index in [1.807, 2.05) is 22.7 Å². The Kier molecular flexibility index (Phi) is 3.17. The molecule has 1 fully saturated rings. The highest BCUT2D eigenvalue weighted by molar-refractivity contribution is 5.85. The molecule has 0 aromatic carbocycles. The van der Waals surface area contributed by atoms with Crippen LogP contribution in [0, 0.1) is 0 Å². The number of nitrogens with zero attached hydrogens (tertiary/aromatic N) is 4. The van der Waals surface area contributed by atoms with Crippen molar-refractivity contribution in [3.8, 4) is 0 Å². The zero-order valence-electron chi connectivity index (χ0n) is 11.2. The van der Waals surface area contributed by atoms with Crippen LogP contribution in [0.4, 0.5) is 6.01 Å². The van der Waals surface area contributed by atoms with E-state index in [-0.39, 0.29) is 11.7 Å². The molecule has 0 aliphatic carbocycles. The molecule has 1 atom stereocenters. The van der Waals surface area contributed by atoms with Gasteiger partial charge in [0.2, 0.25) is 0 Å². The van der Waals surface area contributed by atoms with Gasteiger partial charge in [0, 0.05) is 19.8 Å². The SMILES string of the molecule is Cn1nccc1C1CCCCN1c1nc(C(=O)O)co1. The third kappa shape index (κ3) is 2.15. The van der Waals surface area contributed by atoms with E-state index in [2.05, 4.69) is 10.1 Å². The lowest BCUT2D eigenvalue weighted by Crippen LogP contribution is -2.34. The number of aryl methyl sites for hydroxylation is 1. The first-order valence-electron chi connectivity index (χ1n) is 6.60. The second kappa shape index (κ2) is 4.99. The van der Waals surface area contributed by atoms with Crippen LogP contribution in [-0.2, 0) is 7.05 Å². The highest BCUT2D eigenvalue weighted by atomic mass is 16.4. The number of carboxylic acid groups (broad SMARTS) is 1. The quantitative estimate of drug-likeness (QED) is 0.920. The summed E-state index contributed by atoms with van der Waals surface area (Å²) < 4.78 is 7.18. The largest absolute Gasteiger partial charge is 0.476 e. The number of rotatable bonds is 3. The first-order valence-corrected chi connectivity index (χ1v) is 6.60. The number of piperidine rings is 1. The van der Waals surface area contributed by atoms with Crippen LogP contribution < -0.4 is 4.90 Å². The lowest BCUT2D eigenvalue weighted by Gasteiger charge is -2.34. The highest BCUT2D eigenvalue weighted by Gasteiger charge is 2.29. The van der Waals surface area contributed by atoms with Crippen LogP contribution in [0.15, 0.2) is 22.9 Å². The van der Waals surface area contributed by atoms with Crippen molar-refractivity contribution in [2.24, 2.45) is 7.05 Å². The maximum atomic E-state index is 10.9. The molecule has 20 heavy (non-hydrogen) atoms. The van der Waals surface area contributed by atoms with Gasteiger partial charge in [0.05, 0.1) is 11.7 Å². The topological polar surface area (TPSA) is 84.4 Å². The molecule has 7 heteroatoms. The Labute approximate surface area is 115 Å². The Morgan fingerprint density at radius 3 is 3.00 bits per heavy atom. The van der Waals surface area contributed by atoms with Gasteiger partial charge in [-0.25, -0.2) is 4.79 Å². The van der Waals surface area contributed by atoms with Crippen molar-refractivity contribution >= 4 is 12.0 Å². The Balaban J connectivity index is 1.92. The van der Waals surface area contributed by atoms with Crippen LogP contribution in [0.2, 0.25) is 0 Å². The Bertz CT molecular complexity index is 619. The van der Waals surface area contributed by atoms with Gasteiger partial charge < -0.3 is 14.4 Å². The van der Waals surface area contributed by atoms with Crippen molar-refractivity contribution < 1.29 is 14.3 Å². The van der Waals surface area contributed by atoms with E-state index < -0.39 is 5.97 Å². The molecule has 3 rings (SSSR count). The van der Waals surface area contributed by atoms with Crippen LogP contribution in [-0.4, -0.2) is 32.4 Å². The van der Waals surface area contributed by atoms with Gasteiger partial charge in [0.1, 0.15) is 6.26 Å². The zero-order chi connectivity index (χ0) is 14.1. The van der Waals surface area contributed by atoms with Gasteiger partial charge in [0.15, 0.2) is 5.69 Å². The van der Waals surface area contributed by atoms with Crippen LogP contribution in [0.1, 0.15) is 41.5 Å². The van der Waals surface area contributed by atoms with Gasteiger partial charge in [-0.15, -0.1) is 0 Å². The summed E-state index contributed by atoms with van der Waals surface area (Å²) in [6.07, 6.45) is 6.09. The molecule has 1 aliphatic heterocycles. The number of carbonyl (C=O) groups is 1. The van der Waals surface area contributed by atoms with Crippen LogP contribution in [0.3, 0.4) is 0 Å². The second-order valence-electron chi connectivity index (χ2n) is 4.91. The average molecular weight is 276 g/mol. The van der Waals surface area contributed by atoms with Gasteiger partial charge in [0.25, 0.3) is 6.01 Å². The number of aromatic carboxylic acids is 1. The van der Waals surface area contributed by atoms with E-state index in [1.165, 1.54) is 6.26 Å². The van der Waals surface area contributed by atoms with E-state index in [1.54, 1.807) is 6.20 Å². The molecule has 2 aromatic heterocycles. The lowest BCUT2D eigenvalue weighted by atomic mass is 10.00. The molecular weight excluding hydrogens is 260 g/mol. The minimum atomic E-state index is -1.07. The molecule has 3 heterocycles. The Morgan fingerprint density at radius 2 is 2.35 bits per heavy atom. The summed E-state index contributed by atoms with van der Waals surface area (Å²) in [4.78, 5) is 17.0. The maximum Gasteiger partial charge on any atom is 0.357 e. The Hall–Kier alpha value is -2.31. The average Bonchev–Trinajstić information content (AvgIpc) is 3.07. The number of hydrogen-bond acceptors (Lipinski definition) is 5. The van der Waals surface area contributed by atoms with Crippen molar-refractivity contribution in [1.29, 1.82) is 0 Å². The van der Waals surface area contributed by atoms with E-state index >= 15 is 0 Å². The molecule has 0 amide bonds. The summed E-state index contributed by atoms with van der Waals surface area (Å²) in [7, 11) is 1.90. The van der Waals surface area contributed by atoms with E-state index in [4.69, 9.17) is 9.52 Å². The summed E-state index contributed by atoms with van der Waals surface area (Å²) in [5.41, 5.74) is 1.02. The molecule has 2 aromatic rings. The molecule has 1 N–H and O–H groups in total. The molecule has 7 nitrogen and oxygen atoms in total. The van der Waals surface area contributed by atoms with E-state index in [9.17, 15) is 4.79 Å². The van der Waals surface area contributed by atoms with Gasteiger partial charge in [-0.2, -0.15) is 10.1 Å². The fourth-order valence-electron chi connectivity index (χ4n) is 2.67. The molecule has 0 saturated carbocycles. The number of oxazole rings is 1. The van der Waals surface area contributed by atoms with Gasteiger partial charge >= 0.3 is 5.97 Å². The minimum Gasteiger partial charge on any atom is -0.476 e. The number of aromatic nitrogens is 3. The Morgan fingerprint density at radius 1 is 1.50 bits per heavy atom. The molecule has 1 saturated heterocycles. The molecular formula is C13H16N4O3. The molecule has 0 radical (unpaired) electrons. The van der Waals surface area contributed by atoms with Crippen LogP contribution in [0.25, 0.3) is 0 Å². The normalized spacial score (nSPS) is 19.2. The molecule has 0 spiro atoms. The minimum absolute atomic E-state index is 0.0608. The summed E-state index contributed by atoms with van der Waals surface area (Å²) in [5, 5.41) is 13.1. The van der Waals surface area contributed by atoms with Gasteiger partial charge in [-0.05, 0) is 25.3 Å². The molecule has 0 bridgehead atoms. The number of carboxylic acids is 1. The number of anilines is 1. The predicted molar refractivity (Wildman–Crippen MR) is 70.6 cm³/mol. The molecule has 1 aliphatic rings. The molecule has 1 unspecified atom stereocenters.